The van der Waals surface area contributed by atoms with Crippen LogP contribution in [0, 0.1) is 6.92 Å². The Morgan fingerprint density at radius 2 is 2.27 bits per heavy atom. The largest absolute Gasteiger partial charge is 0.384 e. The highest BCUT2D eigenvalue weighted by Gasteiger charge is 2.19. The standard InChI is InChI=1S/C13H18N6O3/c1-7-9(6-15-13(14)17-7)11(20)16-8(2)12-18-10(19-22-12)4-5-21-3/h6,8H,4-5H2,1-3H3,(H,16,20)(H2,14,15,17)/t8-/m1/s1. The number of hydrogen-bond donors (Lipinski definition) is 2. The van der Waals surface area contributed by atoms with E-state index in [1.54, 1.807) is 21.0 Å². The van der Waals surface area contributed by atoms with E-state index in [1.165, 1.54) is 6.20 Å². The molecule has 0 saturated carbocycles. The van der Waals surface area contributed by atoms with Gasteiger partial charge in [0.2, 0.25) is 11.8 Å². The summed E-state index contributed by atoms with van der Waals surface area (Å²) in [7, 11) is 1.60. The van der Waals surface area contributed by atoms with Crippen molar-refractivity contribution in [2.45, 2.75) is 26.3 Å². The first-order valence-corrected chi connectivity index (χ1v) is 6.72. The number of nitrogen functional groups attached to an aromatic ring is 1. The van der Waals surface area contributed by atoms with Crippen molar-refractivity contribution >= 4 is 11.9 Å². The van der Waals surface area contributed by atoms with E-state index < -0.39 is 6.04 Å². The third-order valence-corrected chi connectivity index (χ3v) is 2.97. The average molecular weight is 306 g/mol. The zero-order chi connectivity index (χ0) is 16.1. The third-order valence-electron chi connectivity index (χ3n) is 2.97. The molecular formula is C13H18N6O3. The summed E-state index contributed by atoms with van der Waals surface area (Å²) in [5, 5.41) is 6.58. The summed E-state index contributed by atoms with van der Waals surface area (Å²) in [5.41, 5.74) is 6.32. The number of methoxy groups -OCH3 is 1. The lowest BCUT2D eigenvalue weighted by atomic mass is 10.2. The van der Waals surface area contributed by atoms with E-state index in [-0.39, 0.29) is 11.9 Å². The van der Waals surface area contributed by atoms with Gasteiger partial charge in [0.25, 0.3) is 5.91 Å². The van der Waals surface area contributed by atoms with Gasteiger partial charge in [-0.1, -0.05) is 5.16 Å². The summed E-state index contributed by atoms with van der Waals surface area (Å²) < 4.78 is 10.1. The molecule has 1 amide bonds. The fourth-order valence-corrected chi connectivity index (χ4v) is 1.78. The molecule has 22 heavy (non-hydrogen) atoms. The fourth-order valence-electron chi connectivity index (χ4n) is 1.78. The van der Waals surface area contributed by atoms with Crippen LogP contribution in [-0.2, 0) is 11.2 Å². The third kappa shape index (κ3) is 3.76. The minimum absolute atomic E-state index is 0.127. The summed E-state index contributed by atoms with van der Waals surface area (Å²) in [6.45, 7) is 3.94. The molecule has 9 nitrogen and oxygen atoms in total. The van der Waals surface area contributed by atoms with Crippen molar-refractivity contribution in [3.63, 3.8) is 0 Å². The van der Waals surface area contributed by atoms with Gasteiger partial charge in [0, 0.05) is 19.7 Å². The van der Waals surface area contributed by atoms with Gasteiger partial charge in [-0.15, -0.1) is 0 Å². The Morgan fingerprint density at radius 1 is 1.50 bits per heavy atom. The van der Waals surface area contributed by atoms with Crippen molar-refractivity contribution < 1.29 is 14.1 Å². The molecule has 0 saturated heterocycles. The van der Waals surface area contributed by atoms with Gasteiger partial charge < -0.3 is 20.3 Å². The SMILES string of the molecule is COCCc1noc([C@@H](C)NC(=O)c2cnc(N)nc2C)n1. The smallest absolute Gasteiger partial charge is 0.255 e. The van der Waals surface area contributed by atoms with Crippen LogP contribution < -0.4 is 11.1 Å². The number of carbonyl (C=O) groups is 1. The van der Waals surface area contributed by atoms with Crippen LogP contribution in [0.25, 0.3) is 0 Å². The van der Waals surface area contributed by atoms with Crippen molar-refractivity contribution in [1.82, 2.24) is 25.4 Å². The number of carbonyl (C=O) groups excluding carboxylic acids is 1. The molecule has 3 N–H and O–H groups in total. The zero-order valence-corrected chi connectivity index (χ0v) is 12.7. The highest BCUT2D eigenvalue weighted by Crippen LogP contribution is 2.12. The minimum atomic E-state index is -0.437. The van der Waals surface area contributed by atoms with Gasteiger partial charge in [0.1, 0.15) is 6.04 Å². The van der Waals surface area contributed by atoms with Crippen LogP contribution in [0.3, 0.4) is 0 Å². The molecule has 0 aromatic carbocycles. The Morgan fingerprint density at radius 3 is 2.95 bits per heavy atom. The summed E-state index contributed by atoms with van der Waals surface area (Å²) >= 11 is 0. The van der Waals surface area contributed by atoms with E-state index in [4.69, 9.17) is 15.0 Å². The second kappa shape index (κ2) is 6.94. The normalized spacial score (nSPS) is 12.1. The second-order valence-electron chi connectivity index (χ2n) is 4.71. The molecule has 2 heterocycles. The Hall–Kier alpha value is -2.55. The maximum absolute atomic E-state index is 12.2. The summed E-state index contributed by atoms with van der Waals surface area (Å²) in [5.74, 6) is 0.654. The van der Waals surface area contributed by atoms with Gasteiger partial charge in [-0.3, -0.25) is 4.79 Å². The van der Waals surface area contributed by atoms with Crippen molar-refractivity contribution in [2.24, 2.45) is 0 Å². The maximum Gasteiger partial charge on any atom is 0.255 e. The van der Waals surface area contributed by atoms with Crippen LogP contribution in [0.5, 0.6) is 0 Å². The summed E-state index contributed by atoms with van der Waals surface area (Å²) in [4.78, 5) is 24.2. The number of anilines is 1. The lowest BCUT2D eigenvalue weighted by molar-refractivity contribution is 0.0931. The predicted molar refractivity (Wildman–Crippen MR) is 76.9 cm³/mol. The van der Waals surface area contributed by atoms with Crippen molar-refractivity contribution in [3.05, 3.63) is 29.2 Å². The van der Waals surface area contributed by atoms with Crippen molar-refractivity contribution in [2.75, 3.05) is 19.5 Å². The molecule has 0 radical (unpaired) electrons. The number of rotatable bonds is 6. The van der Waals surface area contributed by atoms with Crippen LogP contribution in [0.1, 0.15) is 40.7 Å². The molecule has 0 unspecified atom stereocenters. The van der Waals surface area contributed by atoms with E-state index in [2.05, 4.69) is 25.4 Å². The van der Waals surface area contributed by atoms with Gasteiger partial charge in [0.15, 0.2) is 5.82 Å². The molecule has 0 aliphatic heterocycles. The van der Waals surface area contributed by atoms with E-state index in [1.807, 2.05) is 0 Å². The topological polar surface area (TPSA) is 129 Å². The van der Waals surface area contributed by atoms with Crippen LogP contribution in [-0.4, -0.2) is 39.7 Å². The first kappa shape index (κ1) is 15.8. The number of nitrogens with two attached hydrogens (primary N) is 1. The van der Waals surface area contributed by atoms with Gasteiger partial charge >= 0.3 is 0 Å². The van der Waals surface area contributed by atoms with E-state index in [9.17, 15) is 4.79 Å². The second-order valence-corrected chi connectivity index (χ2v) is 4.71. The number of aromatic nitrogens is 4. The Kier molecular flexibility index (Phi) is 4.99. The van der Waals surface area contributed by atoms with Gasteiger partial charge in [-0.05, 0) is 13.8 Å². The van der Waals surface area contributed by atoms with Crippen LogP contribution in [0.2, 0.25) is 0 Å². The highest BCUT2D eigenvalue weighted by atomic mass is 16.5. The molecule has 2 aromatic rings. The van der Waals surface area contributed by atoms with E-state index >= 15 is 0 Å². The maximum atomic E-state index is 12.2. The predicted octanol–water partition coefficient (Wildman–Crippen LogP) is 0.430. The van der Waals surface area contributed by atoms with Crippen LogP contribution >= 0.6 is 0 Å². The molecule has 9 heteroatoms. The van der Waals surface area contributed by atoms with Crippen molar-refractivity contribution in [1.29, 1.82) is 0 Å². The molecule has 118 valence electrons. The number of ether oxygens (including phenoxy) is 1. The van der Waals surface area contributed by atoms with Gasteiger partial charge in [0.05, 0.1) is 17.9 Å². The molecule has 0 aliphatic rings. The van der Waals surface area contributed by atoms with E-state index in [0.717, 1.165) is 0 Å². The monoisotopic (exact) mass is 306 g/mol. The molecule has 0 spiro atoms. The average Bonchev–Trinajstić information content (AvgIpc) is 2.93. The molecular weight excluding hydrogens is 288 g/mol. The first-order chi connectivity index (χ1) is 10.5. The molecule has 0 aliphatic carbocycles. The summed E-state index contributed by atoms with van der Waals surface area (Å²) in [6.07, 6.45) is 1.93. The minimum Gasteiger partial charge on any atom is -0.384 e. The lowest BCUT2D eigenvalue weighted by Gasteiger charge is -2.10. The van der Waals surface area contributed by atoms with Gasteiger partial charge in [-0.2, -0.15) is 4.98 Å². The quantitative estimate of drug-likeness (QED) is 0.786. The first-order valence-electron chi connectivity index (χ1n) is 6.72. The highest BCUT2D eigenvalue weighted by molar-refractivity contribution is 5.95. The fraction of sp³-hybridized carbons (Fsp3) is 0.462. The number of nitrogens with one attached hydrogen (secondary N) is 1. The summed E-state index contributed by atoms with van der Waals surface area (Å²) in [6, 6.07) is -0.437. The molecule has 2 aromatic heterocycles. The number of aryl methyl sites for hydroxylation is 1. The van der Waals surface area contributed by atoms with E-state index in [0.29, 0.717) is 36.0 Å². The number of hydrogen-bond acceptors (Lipinski definition) is 8. The molecule has 0 fully saturated rings. The van der Waals surface area contributed by atoms with Crippen LogP contribution in [0.4, 0.5) is 5.95 Å². The molecule has 2 rings (SSSR count). The number of nitrogens with zero attached hydrogens (tertiary/aromatic N) is 4. The molecule has 1 atom stereocenters. The van der Waals surface area contributed by atoms with Gasteiger partial charge in [-0.25, -0.2) is 9.97 Å². The molecule has 0 bridgehead atoms. The van der Waals surface area contributed by atoms with Crippen LogP contribution in [0.15, 0.2) is 10.7 Å². The zero-order valence-electron chi connectivity index (χ0n) is 12.7. The lowest BCUT2D eigenvalue weighted by Crippen LogP contribution is -2.28. The Bertz CT molecular complexity index is 657. The Labute approximate surface area is 127 Å². The Balaban J connectivity index is 2.03. The number of amides is 1. The van der Waals surface area contributed by atoms with Crippen molar-refractivity contribution in [3.8, 4) is 0 Å².